The fourth-order valence-electron chi connectivity index (χ4n) is 7.11. The quantitative estimate of drug-likeness (QED) is 0.518. The third-order valence-electron chi connectivity index (χ3n) is 8.12. The average molecular weight is 375 g/mol. The van der Waals surface area contributed by atoms with Crippen molar-refractivity contribution in [3.8, 4) is 11.3 Å². The summed E-state index contributed by atoms with van der Waals surface area (Å²) in [4.78, 5) is 0. The molecule has 0 radical (unpaired) electrons. The molecule has 0 spiro atoms. The van der Waals surface area contributed by atoms with Gasteiger partial charge in [-0.15, -0.1) is 0 Å². The van der Waals surface area contributed by atoms with Gasteiger partial charge in [0.1, 0.15) is 5.60 Å². The van der Waals surface area contributed by atoms with Crippen LogP contribution in [-0.4, -0.2) is 17.8 Å². The summed E-state index contributed by atoms with van der Waals surface area (Å²) in [5, 5.41) is 14.0. The molecule has 2 nitrogen and oxygen atoms in total. The number of hydrogen-bond donors (Lipinski definition) is 1. The maximum Gasteiger partial charge on any atom is 0.132 e. The lowest BCUT2D eigenvalue weighted by Gasteiger charge is -2.54. The number of methoxy groups -OCH3 is 1. The van der Waals surface area contributed by atoms with Gasteiger partial charge in [-0.3, -0.25) is 0 Å². The van der Waals surface area contributed by atoms with Gasteiger partial charge in [0, 0.05) is 17.2 Å². The third kappa shape index (κ3) is 2.58. The Morgan fingerprint density at radius 2 is 2.15 bits per heavy atom. The molecule has 3 heteroatoms. The van der Waals surface area contributed by atoms with E-state index in [4.69, 9.17) is 16.3 Å². The van der Waals surface area contributed by atoms with Crippen LogP contribution in [0.15, 0.2) is 23.0 Å². The number of hydrogen-bond acceptors (Lipinski definition) is 2. The molecule has 2 fully saturated rings. The minimum absolute atomic E-state index is 0.0505. The lowest BCUT2D eigenvalue weighted by molar-refractivity contribution is -0.0888. The highest BCUT2D eigenvalue weighted by Crippen LogP contribution is 2.66. The van der Waals surface area contributed by atoms with Crippen LogP contribution in [-0.2, 0) is 4.74 Å². The molecule has 0 aromatic carbocycles. The Morgan fingerprint density at radius 3 is 2.88 bits per heavy atom. The molecule has 142 valence electrons. The first-order valence-corrected chi connectivity index (χ1v) is 10.8. The van der Waals surface area contributed by atoms with Gasteiger partial charge in [0.15, 0.2) is 0 Å². The van der Waals surface area contributed by atoms with Crippen molar-refractivity contribution in [3.05, 3.63) is 23.0 Å². The highest BCUT2D eigenvalue weighted by molar-refractivity contribution is 6.30. The first kappa shape index (κ1) is 18.5. The second kappa shape index (κ2) is 6.92. The first-order chi connectivity index (χ1) is 12.6. The van der Waals surface area contributed by atoms with Crippen LogP contribution in [0.5, 0.6) is 0 Å². The van der Waals surface area contributed by atoms with E-state index in [0.29, 0.717) is 17.8 Å². The van der Waals surface area contributed by atoms with Gasteiger partial charge in [0.05, 0.1) is 12.9 Å². The maximum atomic E-state index is 11.5. The molecule has 5 atom stereocenters. The maximum absolute atomic E-state index is 11.5. The molecule has 4 rings (SSSR count). The van der Waals surface area contributed by atoms with Crippen LogP contribution in [0.25, 0.3) is 0 Å². The molecule has 2 saturated carbocycles. The molecular formula is C23H31ClO2. The molecule has 0 bridgehead atoms. The van der Waals surface area contributed by atoms with Crippen LogP contribution in [0.1, 0.15) is 71.1 Å². The number of halogens is 1. The number of fused-ring (bicyclic) bond motifs is 4. The second-order valence-electron chi connectivity index (χ2n) is 8.86. The molecule has 0 saturated heterocycles. The Kier molecular flexibility index (Phi) is 4.91. The molecule has 1 N–H and O–H groups in total. The largest absolute Gasteiger partial charge is 0.501 e. The molecule has 26 heavy (non-hydrogen) atoms. The Morgan fingerprint density at radius 1 is 1.31 bits per heavy atom. The van der Waals surface area contributed by atoms with Crippen molar-refractivity contribution in [3.63, 3.8) is 0 Å². The van der Waals surface area contributed by atoms with Crippen LogP contribution in [0, 0.1) is 34.5 Å². The molecule has 0 aromatic heterocycles. The van der Waals surface area contributed by atoms with Crippen molar-refractivity contribution in [1.29, 1.82) is 0 Å². The van der Waals surface area contributed by atoms with E-state index in [1.165, 1.54) is 19.3 Å². The topological polar surface area (TPSA) is 29.5 Å². The van der Waals surface area contributed by atoms with Gasteiger partial charge in [0.2, 0.25) is 0 Å². The van der Waals surface area contributed by atoms with E-state index in [9.17, 15) is 5.11 Å². The van der Waals surface area contributed by atoms with Gasteiger partial charge < -0.3 is 9.84 Å². The Bertz CT molecular complexity index is 697. The number of allylic oxidation sites excluding steroid dienone is 3. The van der Waals surface area contributed by atoms with Gasteiger partial charge in [-0.2, -0.15) is 0 Å². The second-order valence-corrected chi connectivity index (χ2v) is 9.05. The van der Waals surface area contributed by atoms with Crippen molar-refractivity contribution in [2.75, 3.05) is 7.11 Å². The van der Waals surface area contributed by atoms with E-state index >= 15 is 0 Å². The van der Waals surface area contributed by atoms with E-state index in [-0.39, 0.29) is 5.41 Å². The van der Waals surface area contributed by atoms with Gasteiger partial charge in [-0.25, -0.2) is 0 Å². The molecule has 4 aliphatic carbocycles. The molecule has 0 aromatic rings. The minimum atomic E-state index is -0.884. The van der Waals surface area contributed by atoms with Crippen LogP contribution < -0.4 is 0 Å². The lowest BCUT2D eigenvalue weighted by Crippen LogP contribution is -2.52. The number of ether oxygens (including phenoxy) is 1. The van der Waals surface area contributed by atoms with Crippen LogP contribution >= 0.6 is 11.6 Å². The highest BCUT2D eigenvalue weighted by Gasteiger charge is 2.63. The summed E-state index contributed by atoms with van der Waals surface area (Å²) < 4.78 is 5.51. The van der Waals surface area contributed by atoms with E-state index in [0.717, 1.165) is 50.7 Å². The lowest BCUT2D eigenvalue weighted by atomic mass is 9.51. The summed E-state index contributed by atoms with van der Waals surface area (Å²) in [6.07, 6.45) is 13.2. The van der Waals surface area contributed by atoms with Crippen LogP contribution in [0.2, 0.25) is 0 Å². The Balaban J connectivity index is 1.65. The highest BCUT2D eigenvalue weighted by atomic mass is 35.5. The Labute approximate surface area is 163 Å². The molecule has 0 aliphatic heterocycles. The normalized spacial score (nSPS) is 41.4. The average Bonchev–Trinajstić information content (AvgIpc) is 2.94. The van der Waals surface area contributed by atoms with Crippen molar-refractivity contribution < 1.29 is 9.84 Å². The fraction of sp³-hybridized carbons (Fsp3) is 0.739. The minimum Gasteiger partial charge on any atom is -0.501 e. The zero-order valence-corrected chi connectivity index (χ0v) is 16.9. The number of aliphatic hydroxyl groups is 1. The third-order valence-corrected chi connectivity index (χ3v) is 8.21. The van der Waals surface area contributed by atoms with Crippen molar-refractivity contribution in [1.82, 2.24) is 0 Å². The van der Waals surface area contributed by atoms with Crippen LogP contribution in [0.3, 0.4) is 0 Å². The summed E-state index contributed by atoms with van der Waals surface area (Å²) in [7, 11) is 1.79. The predicted molar refractivity (Wildman–Crippen MR) is 105 cm³/mol. The van der Waals surface area contributed by atoms with E-state index < -0.39 is 5.60 Å². The zero-order chi connectivity index (χ0) is 18.4. The smallest absolute Gasteiger partial charge is 0.132 e. The molecule has 1 unspecified atom stereocenters. The van der Waals surface area contributed by atoms with Gasteiger partial charge in [-0.1, -0.05) is 30.4 Å². The van der Waals surface area contributed by atoms with Crippen molar-refractivity contribution >= 4 is 11.6 Å². The summed E-state index contributed by atoms with van der Waals surface area (Å²) in [6.45, 7) is 2.24. The van der Waals surface area contributed by atoms with Gasteiger partial charge in [0.25, 0.3) is 0 Å². The van der Waals surface area contributed by atoms with Gasteiger partial charge >= 0.3 is 0 Å². The van der Waals surface area contributed by atoms with E-state index in [1.54, 1.807) is 18.3 Å². The van der Waals surface area contributed by atoms with E-state index in [2.05, 4.69) is 24.3 Å². The Hall–Kier alpha value is -0.910. The fourth-order valence-corrected chi connectivity index (χ4v) is 7.26. The van der Waals surface area contributed by atoms with Gasteiger partial charge in [-0.05, 0) is 86.8 Å². The predicted octanol–water partition coefficient (Wildman–Crippen LogP) is 5.55. The molecule has 0 amide bonds. The zero-order valence-electron chi connectivity index (χ0n) is 16.1. The molecule has 4 aliphatic rings. The summed E-state index contributed by atoms with van der Waals surface area (Å²) in [5.41, 5.74) is 2.41. The summed E-state index contributed by atoms with van der Waals surface area (Å²) >= 11 is 5.77. The number of rotatable bonds is 3. The standard InChI is InChI=1S/C23H31ClO2/c1-3-10-22-11-8-19-18-7-5-17(26-2)15-16(18)4-6-20(19)21(22)9-12-23(22,25)13-14-24/h5,19-21,25H,3-4,6-12,15H2,1-2H3/t19-,20-,21+,22?,23-/m1/s1. The van der Waals surface area contributed by atoms with E-state index in [1.807, 2.05) is 0 Å². The van der Waals surface area contributed by atoms with Crippen molar-refractivity contribution in [2.24, 2.45) is 23.2 Å². The van der Waals surface area contributed by atoms with Crippen molar-refractivity contribution in [2.45, 2.75) is 76.7 Å². The summed E-state index contributed by atoms with van der Waals surface area (Å²) in [5.74, 6) is 6.19. The van der Waals surface area contributed by atoms with Crippen LogP contribution in [0.4, 0.5) is 0 Å². The monoisotopic (exact) mass is 374 g/mol. The molecule has 0 heterocycles. The summed E-state index contributed by atoms with van der Waals surface area (Å²) in [6, 6.07) is 0. The SMILES string of the molecule is CCCC12CC[C@@H]3C4=C(CC[C@H]3[C@@H]1CC[C@@]2(O)C#CCl)CC(OC)=CC4. The molecular weight excluding hydrogens is 344 g/mol. The first-order valence-electron chi connectivity index (χ1n) is 10.4.